The third-order valence-electron chi connectivity index (χ3n) is 4.64. The maximum Gasteiger partial charge on any atom is 0.346 e. The van der Waals surface area contributed by atoms with Crippen LogP contribution in [0.1, 0.15) is 12.8 Å². The second kappa shape index (κ2) is 6.73. The van der Waals surface area contributed by atoms with Gasteiger partial charge in [-0.1, -0.05) is 30.3 Å². The van der Waals surface area contributed by atoms with Crippen molar-refractivity contribution in [3.8, 4) is 27.6 Å². The number of thiazole rings is 1. The van der Waals surface area contributed by atoms with E-state index in [4.69, 9.17) is 9.15 Å². The fraction of sp³-hybridized carbons (Fsp3) is 0.136. The lowest BCUT2D eigenvalue weighted by Crippen LogP contribution is -2.09. The Hall–Kier alpha value is -3.25. The first-order valence-electron chi connectivity index (χ1n) is 8.98. The zero-order valence-electron chi connectivity index (χ0n) is 14.8. The summed E-state index contributed by atoms with van der Waals surface area (Å²) in [4.78, 5) is 28.9. The minimum atomic E-state index is -0.466. The summed E-state index contributed by atoms with van der Waals surface area (Å²) in [6.45, 7) is 0. The zero-order valence-corrected chi connectivity index (χ0v) is 15.6. The number of ether oxygens (including phenoxy) is 1. The van der Waals surface area contributed by atoms with Crippen molar-refractivity contribution in [3.05, 3.63) is 70.4 Å². The van der Waals surface area contributed by atoms with Crippen molar-refractivity contribution in [1.82, 2.24) is 4.98 Å². The number of hydrogen-bond acceptors (Lipinski definition) is 6. The molecule has 5 nitrogen and oxygen atoms in total. The Morgan fingerprint density at radius 3 is 2.71 bits per heavy atom. The molecule has 6 heteroatoms. The Labute approximate surface area is 164 Å². The second-order valence-electron chi connectivity index (χ2n) is 6.75. The predicted molar refractivity (Wildman–Crippen MR) is 107 cm³/mol. The van der Waals surface area contributed by atoms with Gasteiger partial charge in [-0.3, -0.25) is 4.79 Å². The molecule has 4 aromatic rings. The minimum Gasteiger partial charge on any atom is -0.426 e. The lowest BCUT2D eigenvalue weighted by atomic mass is 10.1. The van der Waals surface area contributed by atoms with E-state index in [1.54, 1.807) is 24.3 Å². The zero-order chi connectivity index (χ0) is 19.1. The van der Waals surface area contributed by atoms with E-state index in [1.165, 1.54) is 11.3 Å². The molecule has 0 atom stereocenters. The number of hydrogen-bond donors (Lipinski definition) is 0. The van der Waals surface area contributed by atoms with E-state index in [0.717, 1.165) is 29.5 Å². The summed E-state index contributed by atoms with van der Waals surface area (Å²) in [7, 11) is 0. The molecular formula is C22H15NO4S. The largest absolute Gasteiger partial charge is 0.426 e. The first-order valence-corrected chi connectivity index (χ1v) is 9.86. The summed E-state index contributed by atoms with van der Waals surface area (Å²) in [6, 6.07) is 16.6. The minimum absolute atomic E-state index is 0.00814. The van der Waals surface area contributed by atoms with Gasteiger partial charge in [0.15, 0.2) is 0 Å². The number of fused-ring (bicyclic) bond motifs is 1. The van der Waals surface area contributed by atoms with Gasteiger partial charge in [-0.15, -0.1) is 11.3 Å². The van der Waals surface area contributed by atoms with Gasteiger partial charge in [0.25, 0.3) is 0 Å². The lowest BCUT2D eigenvalue weighted by Gasteiger charge is -2.05. The van der Waals surface area contributed by atoms with E-state index in [9.17, 15) is 9.59 Å². The van der Waals surface area contributed by atoms with Gasteiger partial charge < -0.3 is 9.15 Å². The third-order valence-corrected chi connectivity index (χ3v) is 5.52. The Kier molecular flexibility index (Phi) is 4.06. The van der Waals surface area contributed by atoms with Crippen LogP contribution in [0.15, 0.2) is 69.2 Å². The molecule has 28 heavy (non-hydrogen) atoms. The highest BCUT2D eigenvalue weighted by atomic mass is 32.1. The molecular weight excluding hydrogens is 374 g/mol. The van der Waals surface area contributed by atoms with Crippen LogP contribution in [-0.2, 0) is 4.79 Å². The van der Waals surface area contributed by atoms with Crippen LogP contribution < -0.4 is 10.4 Å². The van der Waals surface area contributed by atoms with Crippen LogP contribution in [0.2, 0.25) is 0 Å². The molecule has 0 saturated heterocycles. The first kappa shape index (κ1) is 16.9. The molecule has 0 amide bonds. The Morgan fingerprint density at radius 2 is 1.93 bits per heavy atom. The van der Waals surface area contributed by atoms with E-state index in [1.807, 2.05) is 35.7 Å². The molecule has 0 bridgehead atoms. The fourth-order valence-electron chi connectivity index (χ4n) is 2.96. The summed E-state index contributed by atoms with van der Waals surface area (Å²) in [5.74, 6) is 0.171. The molecule has 2 heterocycles. The lowest BCUT2D eigenvalue weighted by molar-refractivity contribution is -0.135. The highest BCUT2D eigenvalue weighted by Gasteiger charge is 2.31. The molecule has 1 saturated carbocycles. The summed E-state index contributed by atoms with van der Waals surface area (Å²) >= 11 is 1.40. The van der Waals surface area contributed by atoms with E-state index in [0.29, 0.717) is 21.9 Å². The number of rotatable bonds is 4. The summed E-state index contributed by atoms with van der Waals surface area (Å²) in [5.41, 5.74) is 2.16. The molecule has 0 N–H and O–H groups in total. The molecule has 0 aliphatic heterocycles. The second-order valence-corrected chi connectivity index (χ2v) is 7.60. The highest BCUT2D eigenvalue weighted by molar-refractivity contribution is 7.13. The topological polar surface area (TPSA) is 69.4 Å². The first-order chi connectivity index (χ1) is 13.7. The van der Waals surface area contributed by atoms with Crippen molar-refractivity contribution in [2.45, 2.75) is 12.8 Å². The van der Waals surface area contributed by atoms with Gasteiger partial charge in [-0.05, 0) is 31.0 Å². The number of esters is 1. The number of benzene rings is 2. The molecule has 0 unspecified atom stereocenters. The normalized spacial score (nSPS) is 13.6. The van der Waals surface area contributed by atoms with E-state index < -0.39 is 5.63 Å². The average Bonchev–Trinajstić information content (AvgIpc) is 3.45. The smallest absolute Gasteiger partial charge is 0.346 e. The molecule has 5 rings (SSSR count). The molecule has 1 aliphatic carbocycles. The number of aromatic nitrogens is 1. The fourth-order valence-corrected chi connectivity index (χ4v) is 3.79. The molecule has 2 aromatic carbocycles. The molecule has 1 aliphatic rings. The monoisotopic (exact) mass is 389 g/mol. The van der Waals surface area contributed by atoms with Crippen LogP contribution in [0.25, 0.3) is 32.8 Å². The van der Waals surface area contributed by atoms with Crippen molar-refractivity contribution in [2.24, 2.45) is 5.92 Å². The Balaban J connectivity index is 1.49. The summed E-state index contributed by atoms with van der Waals surface area (Å²) in [6.07, 6.45) is 1.76. The number of carbonyl (C=O) groups is 1. The van der Waals surface area contributed by atoms with Crippen molar-refractivity contribution in [2.75, 3.05) is 0 Å². The van der Waals surface area contributed by atoms with Gasteiger partial charge >= 0.3 is 11.6 Å². The summed E-state index contributed by atoms with van der Waals surface area (Å²) < 4.78 is 10.8. The van der Waals surface area contributed by atoms with Crippen molar-refractivity contribution >= 4 is 28.3 Å². The van der Waals surface area contributed by atoms with E-state index in [-0.39, 0.29) is 11.9 Å². The number of carbonyl (C=O) groups excluding carboxylic acids is 1. The number of nitrogens with zero attached hydrogens (tertiary/aromatic N) is 1. The molecule has 1 fully saturated rings. The molecule has 0 spiro atoms. The average molecular weight is 389 g/mol. The van der Waals surface area contributed by atoms with Crippen molar-refractivity contribution in [3.63, 3.8) is 0 Å². The van der Waals surface area contributed by atoms with Gasteiger partial charge in [0.1, 0.15) is 16.3 Å². The predicted octanol–water partition coefficient (Wildman–Crippen LogP) is 4.90. The summed E-state index contributed by atoms with van der Waals surface area (Å²) in [5, 5.41) is 3.28. The van der Waals surface area contributed by atoms with Crippen LogP contribution in [-0.4, -0.2) is 11.0 Å². The van der Waals surface area contributed by atoms with Gasteiger partial charge in [-0.2, -0.15) is 0 Å². The van der Waals surface area contributed by atoms with Crippen LogP contribution in [0.5, 0.6) is 5.75 Å². The van der Waals surface area contributed by atoms with Gasteiger partial charge in [0.2, 0.25) is 0 Å². The van der Waals surface area contributed by atoms with Crippen LogP contribution in [0, 0.1) is 5.92 Å². The SMILES string of the molecule is O=C(Oc1ccc2cc(-c3nc(-c4ccccc4)cs3)c(=O)oc2c1)C1CC1. The van der Waals surface area contributed by atoms with Crippen LogP contribution >= 0.6 is 11.3 Å². The van der Waals surface area contributed by atoms with Crippen LogP contribution in [0.3, 0.4) is 0 Å². The van der Waals surface area contributed by atoms with Crippen molar-refractivity contribution < 1.29 is 13.9 Å². The van der Waals surface area contributed by atoms with Crippen LogP contribution in [0.4, 0.5) is 0 Å². The highest BCUT2D eigenvalue weighted by Crippen LogP contribution is 2.32. The Morgan fingerprint density at radius 1 is 1.11 bits per heavy atom. The van der Waals surface area contributed by atoms with Crippen molar-refractivity contribution in [1.29, 1.82) is 0 Å². The third kappa shape index (κ3) is 3.23. The van der Waals surface area contributed by atoms with E-state index in [2.05, 4.69) is 4.98 Å². The van der Waals surface area contributed by atoms with Gasteiger partial charge in [0.05, 0.1) is 17.2 Å². The quantitative estimate of drug-likeness (QED) is 0.282. The van der Waals surface area contributed by atoms with E-state index >= 15 is 0 Å². The molecule has 0 radical (unpaired) electrons. The molecule has 2 aromatic heterocycles. The maximum absolute atomic E-state index is 12.5. The molecule has 138 valence electrons. The Bertz CT molecular complexity index is 1240. The van der Waals surface area contributed by atoms with Gasteiger partial charge in [0, 0.05) is 22.4 Å². The van der Waals surface area contributed by atoms with Gasteiger partial charge in [-0.25, -0.2) is 9.78 Å². The maximum atomic E-state index is 12.5. The standard InChI is InChI=1S/C22H15NO4S/c24-21(14-6-7-14)26-16-9-8-15-10-17(22(25)27-19(15)11-16)20-23-18(12-28-20)13-4-2-1-3-5-13/h1-5,8-12,14H,6-7H2.